The number of amides is 1. The van der Waals surface area contributed by atoms with Crippen molar-refractivity contribution in [3.05, 3.63) is 24.0 Å². The van der Waals surface area contributed by atoms with Gasteiger partial charge in [-0.2, -0.15) is 0 Å². The van der Waals surface area contributed by atoms with Crippen molar-refractivity contribution in [2.45, 2.75) is 45.7 Å². The number of nitrogens with two attached hydrogens (primary N) is 1. The summed E-state index contributed by atoms with van der Waals surface area (Å²) in [6, 6.07) is 4.58. The van der Waals surface area contributed by atoms with Crippen LogP contribution < -0.4 is 16.0 Å². The van der Waals surface area contributed by atoms with E-state index in [0.717, 1.165) is 22.5 Å². The highest BCUT2D eigenvalue weighted by Crippen LogP contribution is 2.23. The first-order valence-corrected chi connectivity index (χ1v) is 12.3. The minimum Gasteiger partial charge on any atom is -0.464 e. The highest BCUT2D eigenvalue weighted by Gasteiger charge is 2.26. The second-order valence-electron chi connectivity index (χ2n) is 8.25. The number of nitrogens with zero attached hydrogens (tertiary/aromatic N) is 3. The Hall–Kier alpha value is -2.03. The first kappa shape index (κ1) is 27.2. The highest BCUT2D eigenvalue weighted by molar-refractivity contribution is 6.18. The van der Waals surface area contributed by atoms with Crippen LogP contribution in [0.3, 0.4) is 0 Å². The molecule has 3 N–H and O–H groups in total. The Morgan fingerprint density at radius 3 is 2.48 bits per heavy atom. The summed E-state index contributed by atoms with van der Waals surface area (Å²) in [4.78, 5) is 31.8. The molecule has 1 amide bonds. The van der Waals surface area contributed by atoms with Crippen molar-refractivity contribution >= 4 is 51.8 Å². The lowest BCUT2D eigenvalue weighted by Gasteiger charge is -2.22. The SMILES string of the molecule is CCOC(=O)[C@H](CCc1nc2cc(N(CCCl)CCCl)ccc2n1C)NC(=O)C(N)C(C)C. The van der Waals surface area contributed by atoms with E-state index in [1.807, 2.05) is 43.7 Å². The second kappa shape index (κ2) is 13.0. The summed E-state index contributed by atoms with van der Waals surface area (Å²) in [5.41, 5.74) is 8.77. The zero-order valence-electron chi connectivity index (χ0n) is 19.8. The number of halogens is 2. The number of rotatable bonds is 13. The molecule has 0 fully saturated rings. The fourth-order valence-electron chi connectivity index (χ4n) is 3.57. The smallest absolute Gasteiger partial charge is 0.328 e. The number of hydrogen-bond donors (Lipinski definition) is 2. The maximum absolute atomic E-state index is 12.5. The molecule has 0 saturated heterocycles. The number of hydrogen-bond acceptors (Lipinski definition) is 6. The van der Waals surface area contributed by atoms with Crippen molar-refractivity contribution in [2.75, 3.05) is 36.4 Å². The Kier molecular flexibility index (Phi) is 10.7. The molecule has 1 aromatic heterocycles. The van der Waals surface area contributed by atoms with E-state index in [2.05, 4.69) is 10.2 Å². The van der Waals surface area contributed by atoms with Crippen LogP contribution in [0.4, 0.5) is 5.69 Å². The first-order chi connectivity index (χ1) is 15.7. The maximum Gasteiger partial charge on any atom is 0.328 e. The summed E-state index contributed by atoms with van der Waals surface area (Å²) < 4.78 is 7.16. The Labute approximate surface area is 205 Å². The van der Waals surface area contributed by atoms with Crippen LogP contribution in [-0.2, 0) is 27.8 Å². The van der Waals surface area contributed by atoms with Gasteiger partial charge in [-0.25, -0.2) is 9.78 Å². The van der Waals surface area contributed by atoms with Gasteiger partial charge in [-0.05, 0) is 37.5 Å². The standard InChI is InChI=1S/C23H35Cl2N5O3/c1-5-33-23(32)17(28-22(31)21(26)15(2)3)7-9-20-27-18-14-16(6-8-19(18)29(20)4)30(12-10-24)13-11-25/h6,8,14-15,17,21H,5,7,9-13,26H2,1-4H3,(H,28,31)/t17-,21?/m0/s1. The quantitative estimate of drug-likeness (QED) is 0.324. The normalized spacial score (nSPS) is 13.2. The van der Waals surface area contributed by atoms with Gasteiger partial charge in [0.1, 0.15) is 11.9 Å². The lowest BCUT2D eigenvalue weighted by atomic mass is 10.0. The van der Waals surface area contributed by atoms with Crippen molar-refractivity contribution in [3.63, 3.8) is 0 Å². The fraction of sp³-hybridized carbons (Fsp3) is 0.609. The lowest BCUT2D eigenvalue weighted by molar-refractivity contribution is -0.147. The van der Waals surface area contributed by atoms with Gasteiger partial charge in [-0.15, -0.1) is 23.2 Å². The molecule has 0 aliphatic heterocycles. The molecule has 2 aromatic rings. The van der Waals surface area contributed by atoms with Crippen LogP contribution in [0.2, 0.25) is 0 Å². The Balaban J connectivity index is 2.21. The molecule has 33 heavy (non-hydrogen) atoms. The summed E-state index contributed by atoms with van der Waals surface area (Å²) in [5, 5.41) is 2.75. The van der Waals surface area contributed by atoms with Crippen molar-refractivity contribution in [1.82, 2.24) is 14.9 Å². The number of ether oxygens (including phenoxy) is 1. The zero-order valence-corrected chi connectivity index (χ0v) is 21.3. The van der Waals surface area contributed by atoms with E-state index in [1.165, 1.54) is 0 Å². The molecular formula is C23H35Cl2N5O3. The minimum atomic E-state index is -0.791. The molecule has 1 aromatic carbocycles. The van der Waals surface area contributed by atoms with Crippen LogP contribution in [-0.4, -0.2) is 65.0 Å². The average Bonchev–Trinajstić information content (AvgIpc) is 3.10. The number of carbonyl (C=O) groups is 2. The third-order valence-electron chi connectivity index (χ3n) is 5.60. The highest BCUT2D eigenvalue weighted by atomic mass is 35.5. The minimum absolute atomic E-state index is 0.0425. The molecule has 2 rings (SSSR count). The van der Waals surface area contributed by atoms with Crippen LogP contribution in [0.25, 0.3) is 11.0 Å². The molecule has 0 aliphatic rings. The average molecular weight is 500 g/mol. The number of carbonyl (C=O) groups excluding carboxylic acids is 2. The number of imidazole rings is 1. The third kappa shape index (κ3) is 7.22. The predicted octanol–water partition coefficient (Wildman–Crippen LogP) is 2.82. The lowest BCUT2D eigenvalue weighted by Crippen LogP contribution is -2.50. The van der Waals surface area contributed by atoms with E-state index in [0.29, 0.717) is 37.7 Å². The molecular weight excluding hydrogens is 465 g/mol. The number of aromatic nitrogens is 2. The zero-order chi connectivity index (χ0) is 24.5. The molecule has 10 heteroatoms. The monoisotopic (exact) mass is 499 g/mol. The van der Waals surface area contributed by atoms with E-state index < -0.39 is 18.1 Å². The van der Waals surface area contributed by atoms with Crippen LogP contribution in [0.5, 0.6) is 0 Å². The van der Waals surface area contributed by atoms with Gasteiger partial charge in [0.05, 0.1) is 23.7 Å². The number of aryl methyl sites for hydroxylation is 2. The molecule has 2 atom stereocenters. The Morgan fingerprint density at radius 1 is 1.24 bits per heavy atom. The maximum atomic E-state index is 12.5. The molecule has 0 bridgehead atoms. The molecule has 184 valence electrons. The molecule has 0 saturated carbocycles. The molecule has 0 aliphatic carbocycles. The summed E-state index contributed by atoms with van der Waals surface area (Å²) in [7, 11) is 1.94. The summed E-state index contributed by atoms with van der Waals surface area (Å²) >= 11 is 11.9. The second-order valence-corrected chi connectivity index (χ2v) is 9.00. The van der Waals surface area contributed by atoms with Gasteiger partial charge in [0.25, 0.3) is 0 Å². The molecule has 1 heterocycles. The van der Waals surface area contributed by atoms with E-state index in [1.54, 1.807) is 6.92 Å². The van der Waals surface area contributed by atoms with Crippen molar-refractivity contribution in [3.8, 4) is 0 Å². The fourth-order valence-corrected chi connectivity index (χ4v) is 3.98. The van der Waals surface area contributed by atoms with Crippen molar-refractivity contribution < 1.29 is 14.3 Å². The number of esters is 1. The summed E-state index contributed by atoms with van der Waals surface area (Å²) in [6.45, 7) is 7.07. The van der Waals surface area contributed by atoms with Crippen LogP contribution in [0.1, 0.15) is 33.0 Å². The summed E-state index contributed by atoms with van der Waals surface area (Å²) in [6.07, 6.45) is 0.832. The van der Waals surface area contributed by atoms with E-state index in [9.17, 15) is 9.59 Å². The number of nitrogens with one attached hydrogen (secondary N) is 1. The first-order valence-electron chi connectivity index (χ1n) is 11.3. The molecule has 1 unspecified atom stereocenters. The molecule has 8 nitrogen and oxygen atoms in total. The van der Waals surface area contributed by atoms with Gasteiger partial charge in [0.15, 0.2) is 0 Å². The van der Waals surface area contributed by atoms with Gasteiger partial charge in [-0.1, -0.05) is 13.8 Å². The van der Waals surface area contributed by atoms with E-state index in [4.69, 9.17) is 38.7 Å². The van der Waals surface area contributed by atoms with Gasteiger partial charge < -0.3 is 25.3 Å². The number of benzene rings is 1. The number of anilines is 1. The number of fused-ring (bicyclic) bond motifs is 1. The van der Waals surface area contributed by atoms with Gasteiger partial charge >= 0.3 is 5.97 Å². The Morgan fingerprint density at radius 2 is 1.91 bits per heavy atom. The van der Waals surface area contributed by atoms with Crippen molar-refractivity contribution in [1.29, 1.82) is 0 Å². The predicted molar refractivity (Wildman–Crippen MR) is 134 cm³/mol. The van der Waals surface area contributed by atoms with Crippen molar-refractivity contribution in [2.24, 2.45) is 18.7 Å². The van der Waals surface area contributed by atoms with Crippen LogP contribution in [0.15, 0.2) is 18.2 Å². The summed E-state index contributed by atoms with van der Waals surface area (Å²) in [5.74, 6) is 0.935. The molecule has 0 spiro atoms. The Bertz CT molecular complexity index is 928. The molecule has 0 radical (unpaired) electrons. The van der Waals surface area contributed by atoms with E-state index in [-0.39, 0.29) is 18.4 Å². The van der Waals surface area contributed by atoms with Gasteiger partial charge in [-0.3, -0.25) is 4.79 Å². The van der Waals surface area contributed by atoms with Crippen LogP contribution >= 0.6 is 23.2 Å². The topological polar surface area (TPSA) is 102 Å². The number of alkyl halides is 2. The largest absolute Gasteiger partial charge is 0.464 e. The van der Waals surface area contributed by atoms with Crippen LogP contribution in [0, 0.1) is 5.92 Å². The third-order valence-corrected chi connectivity index (χ3v) is 5.93. The van der Waals surface area contributed by atoms with Gasteiger partial charge in [0, 0.05) is 44.0 Å². The van der Waals surface area contributed by atoms with E-state index >= 15 is 0 Å². The van der Waals surface area contributed by atoms with Gasteiger partial charge in [0.2, 0.25) is 5.91 Å².